The van der Waals surface area contributed by atoms with Crippen LogP contribution in [-0.4, -0.2) is 28.2 Å². The van der Waals surface area contributed by atoms with Crippen LogP contribution in [0.15, 0.2) is 41.5 Å². The molecule has 0 bridgehead atoms. The van der Waals surface area contributed by atoms with Crippen molar-refractivity contribution in [2.45, 2.75) is 6.92 Å². The minimum Gasteiger partial charge on any atom is -0.448 e. The summed E-state index contributed by atoms with van der Waals surface area (Å²) in [6, 6.07) is 9.31. The maximum absolute atomic E-state index is 11.6. The van der Waals surface area contributed by atoms with E-state index in [-0.39, 0.29) is 17.8 Å². The molecule has 2 N–H and O–H groups in total. The largest absolute Gasteiger partial charge is 0.448 e. The zero-order chi connectivity index (χ0) is 16.1. The first-order valence-electron chi connectivity index (χ1n) is 6.67. The summed E-state index contributed by atoms with van der Waals surface area (Å²) < 4.78 is 6.27. The van der Waals surface area contributed by atoms with E-state index in [0.29, 0.717) is 5.69 Å². The molecule has 22 heavy (non-hydrogen) atoms. The Hall–Kier alpha value is -2.96. The normalized spacial score (nSPS) is 11.3. The third-order valence-electron chi connectivity index (χ3n) is 2.86. The van der Waals surface area contributed by atoms with Gasteiger partial charge in [-0.15, -0.1) is 0 Å². The highest BCUT2D eigenvalue weighted by Gasteiger charge is 2.13. The fourth-order valence-electron chi connectivity index (χ4n) is 1.90. The number of benzene rings is 1. The topological polar surface area (TPSA) is 99.6 Å². The Labute approximate surface area is 127 Å². The van der Waals surface area contributed by atoms with Crippen LogP contribution < -0.4 is 11.2 Å². The minimum atomic E-state index is -0.796. The molecule has 2 aromatic rings. The van der Waals surface area contributed by atoms with Crippen molar-refractivity contribution in [1.29, 1.82) is 0 Å². The minimum absolute atomic E-state index is 0.0608. The van der Waals surface area contributed by atoms with Crippen molar-refractivity contribution >= 4 is 12.0 Å². The maximum atomic E-state index is 11.6. The van der Waals surface area contributed by atoms with Gasteiger partial charge in [-0.25, -0.2) is 9.78 Å². The Morgan fingerprint density at radius 1 is 1.32 bits per heavy atom. The number of carbonyl (C=O) groups is 2. The molecule has 0 fully saturated rings. The lowest BCUT2D eigenvalue weighted by molar-refractivity contribution is 0.0993. The number of nitrogens with two attached hydrogens (primary N) is 1. The van der Waals surface area contributed by atoms with Crippen molar-refractivity contribution in [2.75, 3.05) is 6.61 Å². The van der Waals surface area contributed by atoms with Crippen molar-refractivity contribution in [2.24, 2.45) is 17.8 Å². The molecule has 7 heteroatoms. The molecule has 1 heterocycles. The van der Waals surface area contributed by atoms with Gasteiger partial charge < -0.3 is 15.0 Å². The lowest BCUT2D eigenvalue weighted by atomic mass is 10.1. The summed E-state index contributed by atoms with van der Waals surface area (Å²) in [7, 11) is 1.65. The molecule has 0 radical (unpaired) electrons. The molecule has 0 atom stereocenters. The molecule has 2 amide bonds. The predicted octanol–water partition coefficient (Wildman–Crippen LogP) is 1.24. The predicted molar refractivity (Wildman–Crippen MR) is 79.7 cm³/mol. The molecule has 7 nitrogen and oxygen atoms in total. The van der Waals surface area contributed by atoms with Gasteiger partial charge in [-0.1, -0.05) is 30.3 Å². The SMILES string of the molecule is CCOC(=O)N=c1c(C(N)=O)nc(-c2ccccc2)cn1C. The summed E-state index contributed by atoms with van der Waals surface area (Å²) in [5.41, 5.74) is 6.71. The van der Waals surface area contributed by atoms with E-state index >= 15 is 0 Å². The number of aromatic nitrogens is 2. The first-order valence-corrected chi connectivity index (χ1v) is 6.67. The van der Waals surface area contributed by atoms with Crippen molar-refractivity contribution in [3.8, 4) is 11.3 Å². The van der Waals surface area contributed by atoms with Gasteiger partial charge in [0.15, 0.2) is 11.2 Å². The lowest BCUT2D eigenvalue weighted by Crippen LogP contribution is -2.32. The third kappa shape index (κ3) is 3.38. The van der Waals surface area contributed by atoms with Crippen LogP contribution in [0.5, 0.6) is 0 Å². The summed E-state index contributed by atoms with van der Waals surface area (Å²) >= 11 is 0. The van der Waals surface area contributed by atoms with Gasteiger partial charge in [-0.05, 0) is 6.92 Å². The van der Waals surface area contributed by atoms with E-state index in [2.05, 4.69) is 9.98 Å². The number of ether oxygens (including phenoxy) is 1. The second-order valence-electron chi connectivity index (χ2n) is 4.45. The van der Waals surface area contributed by atoms with Gasteiger partial charge in [0.25, 0.3) is 5.91 Å². The number of hydrogen-bond donors (Lipinski definition) is 1. The zero-order valence-electron chi connectivity index (χ0n) is 12.3. The molecule has 1 aromatic heterocycles. The Bertz CT molecular complexity index is 766. The number of amides is 2. The molecule has 0 aliphatic heterocycles. The van der Waals surface area contributed by atoms with Crippen molar-refractivity contribution < 1.29 is 14.3 Å². The highest BCUT2D eigenvalue weighted by Crippen LogP contribution is 2.14. The van der Waals surface area contributed by atoms with Gasteiger partial charge in [0.2, 0.25) is 0 Å². The average molecular weight is 300 g/mol. The zero-order valence-corrected chi connectivity index (χ0v) is 12.3. The van der Waals surface area contributed by atoms with Gasteiger partial charge in [0.05, 0.1) is 12.3 Å². The van der Waals surface area contributed by atoms with E-state index in [1.165, 1.54) is 4.57 Å². The first kappa shape index (κ1) is 15.4. The van der Waals surface area contributed by atoms with Crippen molar-refractivity contribution in [3.05, 3.63) is 47.7 Å². The van der Waals surface area contributed by atoms with Crippen LogP contribution in [0.2, 0.25) is 0 Å². The van der Waals surface area contributed by atoms with Gasteiger partial charge in [0, 0.05) is 18.8 Å². The molecule has 0 aliphatic rings. The number of hydrogen-bond acceptors (Lipinski definition) is 4. The standard InChI is InChI=1S/C15H16N4O3/c1-3-22-15(21)18-14-12(13(16)20)17-11(9-19(14)2)10-7-5-4-6-8-10/h4-9H,3H2,1-2H3,(H2,16,20). The van der Waals surface area contributed by atoms with Crippen LogP contribution >= 0.6 is 0 Å². The number of primary amides is 1. The van der Waals surface area contributed by atoms with Crippen molar-refractivity contribution in [1.82, 2.24) is 9.55 Å². The van der Waals surface area contributed by atoms with Crippen LogP contribution in [-0.2, 0) is 11.8 Å². The Morgan fingerprint density at radius 3 is 2.59 bits per heavy atom. The summed E-state index contributed by atoms with van der Waals surface area (Å²) in [5.74, 6) is -0.767. The molecular formula is C15H16N4O3. The summed E-state index contributed by atoms with van der Waals surface area (Å²) in [4.78, 5) is 31.1. The number of carbonyl (C=O) groups excluding carboxylic acids is 2. The lowest BCUT2D eigenvalue weighted by Gasteiger charge is -2.08. The van der Waals surface area contributed by atoms with Crippen LogP contribution in [0.25, 0.3) is 11.3 Å². The van der Waals surface area contributed by atoms with Crippen molar-refractivity contribution in [3.63, 3.8) is 0 Å². The van der Waals surface area contributed by atoms with E-state index in [4.69, 9.17) is 10.5 Å². The fraction of sp³-hybridized carbons (Fsp3) is 0.200. The van der Waals surface area contributed by atoms with E-state index < -0.39 is 12.0 Å². The molecule has 114 valence electrons. The summed E-state index contributed by atoms with van der Waals surface area (Å²) in [5, 5.41) is 0. The second-order valence-corrected chi connectivity index (χ2v) is 4.45. The quantitative estimate of drug-likeness (QED) is 0.921. The number of aryl methyl sites for hydroxylation is 1. The monoisotopic (exact) mass is 300 g/mol. The second kappa shape index (κ2) is 6.66. The molecule has 2 rings (SSSR count). The summed E-state index contributed by atoms with van der Waals surface area (Å²) in [6.45, 7) is 1.85. The van der Waals surface area contributed by atoms with Crippen LogP contribution in [0.4, 0.5) is 4.79 Å². The van der Waals surface area contributed by atoms with Crippen LogP contribution in [0.3, 0.4) is 0 Å². The van der Waals surface area contributed by atoms with E-state index in [1.807, 2.05) is 30.3 Å². The molecule has 0 aliphatic carbocycles. The summed E-state index contributed by atoms with van der Waals surface area (Å²) in [6.07, 6.45) is 0.870. The van der Waals surface area contributed by atoms with Gasteiger partial charge in [0.1, 0.15) is 0 Å². The fourth-order valence-corrected chi connectivity index (χ4v) is 1.90. The van der Waals surface area contributed by atoms with E-state index in [1.54, 1.807) is 20.2 Å². The van der Waals surface area contributed by atoms with Crippen LogP contribution in [0, 0.1) is 0 Å². The first-order chi connectivity index (χ1) is 10.5. The molecular weight excluding hydrogens is 284 g/mol. The highest BCUT2D eigenvalue weighted by molar-refractivity contribution is 5.91. The average Bonchev–Trinajstić information content (AvgIpc) is 2.50. The molecule has 0 spiro atoms. The smallest absolute Gasteiger partial charge is 0.435 e. The van der Waals surface area contributed by atoms with Gasteiger partial charge in [-0.2, -0.15) is 4.99 Å². The van der Waals surface area contributed by atoms with Crippen LogP contribution in [0.1, 0.15) is 17.4 Å². The number of rotatable bonds is 3. The van der Waals surface area contributed by atoms with E-state index in [0.717, 1.165) is 5.56 Å². The Kier molecular flexibility index (Phi) is 4.67. The number of nitrogens with zero attached hydrogens (tertiary/aromatic N) is 3. The van der Waals surface area contributed by atoms with Gasteiger partial charge >= 0.3 is 6.09 Å². The molecule has 0 saturated carbocycles. The van der Waals surface area contributed by atoms with Gasteiger partial charge in [-0.3, -0.25) is 4.79 Å². The molecule has 0 unspecified atom stereocenters. The Morgan fingerprint density at radius 2 is 2.00 bits per heavy atom. The molecule has 1 aromatic carbocycles. The Balaban J connectivity index is 2.62. The molecule has 0 saturated heterocycles. The maximum Gasteiger partial charge on any atom is 0.435 e. The highest BCUT2D eigenvalue weighted by atomic mass is 16.5. The van der Waals surface area contributed by atoms with E-state index in [9.17, 15) is 9.59 Å². The third-order valence-corrected chi connectivity index (χ3v) is 2.86.